The molecule has 0 fully saturated rings. The topological polar surface area (TPSA) is 63.2 Å². The van der Waals surface area contributed by atoms with Gasteiger partial charge in [-0.1, -0.05) is 13.8 Å². The van der Waals surface area contributed by atoms with E-state index >= 15 is 0 Å². The van der Waals surface area contributed by atoms with Gasteiger partial charge in [-0.3, -0.25) is 4.79 Å². The molecule has 0 bridgehead atoms. The lowest BCUT2D eigenvalue weighted by Crippen LogP contribution is -2.35. The minimum atomic E-state index is -0.619. The van der Waals surface area contributed by atoms with E-state index in [4.69, 9.17) is 4.74 Å². The number of methoxy groups -OCH3 is 1. The molecule has 2 N–H and O–H groups in total. The number of nitrogens with one attached hydrogen (secondary N) is 2. The number of carbonyl (C=O) groups is 1. The van der Waals surface area contributed by atoms with E-state index in [1.165, 1.54) is 12.3 Å². The van der Waals surface area contributed by atoms with Gasteiger partial charge < -0.3 is 15.4 Å². The van der Waals surface area contributed by atoms with Crippen molar-refractivity contribution in [2.75, 3.05) is 32.1 Å². The van der Waals surface area contributed by atoms with Crippen molar-refractivity contribution in [3.05, 3.63) is 23.6 Å². The van der Waals surface area contributed by atoms with Crippen molar-refractivity contribution in [2.24, 2.45) is 5.41 Å². The summed E-state index contributed by atoms with van der Waals surface area (Å²) in [5.41, 5.74) is -0.108. The van der Waals surface area contributed by atoms with Crippen LogP contribution in [-0.2, 0) is 4.74 Å². The average Bonchev–Trinajstić information content (AvgIpc) is 2.45. The summed E-state index contributed by atoms with van der Waals surface area (Å²) in [6, 6.07) is 1.38. The second kappa shape index (κ2) is 7.93. The lowest BCUT2D eigenvalue weighted by molar-refractivity contribution is 0.0917. The molecule has 118 valence electrons. The molecule has 0 saturated heterocycles. The van der Waals surface area contributed by atoms with Crippen LogP contribution in [0.3, 0.4) is 0 Å². The molecular formula is C15H24FN3O2. The molecule has 0 saturated carbocycles. The van der Waals surface area contributed by atoms with E-state index in [0.29, 0.717) is 19.7 Å². The van der Waals surface area contributed by atoms with E-state index in [0.717, 1.165) is 6.42 Å². The van der Waals surface area contributed by atoms with Crippen LogP contribution in [0.5, 0.6) is 0 Å². The third-order valence-electron chi connectivity index (χ3n) is 3.19. The number of aromatic nitrogens is 1. The van der Waals surface area contributed by atoms with Gasteiger partial charge in [-0.2, -0.15) is 0 Å². The molecular weight excluding hydrogens is 273 g/mol. The number of hydrogen-bond acceptors (Lipinski definition) is 4. The van der Waals surface area contributed by atoms with Crippen LogP contribution in [0.2, 0.25) is 0 Å². The second-order valence-electron chi connectivity index (χ2n) is 5.64. The summed E-state index contributed by atoms with van der Waals surface area (Å²) < 4.78 is 19.2. The summed E-state index contributed by atoms with van der Waals surface area (Å²) in [7, 11) is 1.64. The maximum atomic E-state index is 14.1. The molecule has 6 heteroatoms. The van der Waals surface area contributed by atoms with Crippen molar-refractivity contribution in [1.82, 2.24) is 10.3 Å². The minimum Gasteiger partial charge on any atom is -0.385 e. The van der Waals surface area contributed by atoms with Gasteiger partial charge in [0.1, 0.15) is 0 Å². The SMILES string of the molecule is CCNc1nccc(C(=O)NCC(C)(C)CCOC)c1F. The van der Waals surface area contributed by atoms with E-state index in [9.17, 15) is 9.18 Å². The van der Waals surface area contributed by atoms with E-state index in [-0.39, 0.29) is 16.8 Å². The number of anilines is 1. The van der Waals surface area contributed by atoms with Crippen LogP contribution in [-0.4, -0.2) is 37.7 Å². The molecule has 0 radical (unpaired) electrons. The maximum absolute atomic E-state index is 14.1. The fourth-order valence-electron chi connectivity index (χ4n) is 1.79. The molecule has 1 aromatic heterocycles. The number of nitrogens with zero attached hydrogens (tertiary/aromatic N) is 1. The molecule has 0 aliphatic rings. The zero-order valence-corrected chi connectivity index (χ0v) is 13.1. The zero-order valence-electron chi connectivity index (χ0n) is 13.1. The van der Waals surface area contributed by atoms with E-state index in [1.54, 1.807) is 7.11 Å². The number of carbonyl (C=O) groups excluding carboxylic acids is 1. The maximum Gasteiger partial charge on any atom is 0.254 e. The van der Waals surface area contributed by atoms with Crippen molar-refractivity contribution in [3.63, 3.8) is 0 Å². The highest BCUT2D eigenvalue weighted by Gasteiger charge is 2.21. The number of amides is 1. The fraction of sp³-hybridized carbons (Fsp3) is 0.600. The van der Waals surface area contributed by atoms with Crippen LogP contribution < -0.4 is 10.6 Å². The largest absolute Gasteiger partial charge is 0.385 e. The molecule has 1 rings (SSSR count). The predicted octanol–water partition coefficient (Wildman–Crippen LogP) is 2.45. The summed E-state index contributed by atoms with van der Waals surface area (Å²) in [4.78, 5) is 16.0. The first kappa shape index (κ1) is 17.4. The Bertz CT molecular complexity index is 478. The van der Waals surface area contributed by atoms with Crippen molar-refractivity contribution in [2.45, 2.75) is 27.2 Å². The zero-order chi connectivity index (χ0) is 15.9. The third kappa shape index (κ3) is 5.30. The Labute approximate surface area is 125 Å². The average molecular weight is 297 g/mol. The summed E-state index contributed by atoms with van der Waals surface area (Å²) in [6.45, 7) is 7.51. The first-order valence-corrected chi connectivity index (χ1v) is 7.07. The second-order valence-corrected chi connectivity index (χ2v) is 5.64. The number of rotatable bonds is 8. The van der Waals surface area contributed by atoms with Gasteiger partial charge in [0.2, 0.25) is 0 Å². The van der Waals surface area contributed by atoms with Crippen LogP contribution >= 0.6 is 0 Å². The molecule has 21 heavy (non-hydrogen) atoms. The fourth-order valence-corrected chi connectivity index (χ4v) is 1.79. The highest BCUT2D eigenvalue weighted by atomic mass is 19.1. The van der Waals surface area contributed by atoms with Crippen LogP contribution in [0, 0.1) is 11.2 Å². The van der Waals surface area contributed by atoms with Crippen molar-refractivity contribution < 1.29 is 13.9 Å². The standard InChI is InChI=1S/C15H24FN3O2/c1-5-17-13-12(16)11(6-8-18-13)14(20)19-10-15(2,3)7-9-21-4/h6,8H,5,7,9-10H2,1-4H3,(H,17,18)(H,19,20). The Morgan fingerprint density at radius 2 is 2.19 bits per heavy atom. The van der Waals surface area contributed by atoms with Crippen LogP contribution in [0.1, 0.15) is 37.6 Å². The smallest absolute Gasteiger partial charge is 0.254 e. The summed E-state index contributed by atoms with van der Waals surface area (Å²) >= 11 is 0. The Kier molecular flexibility index (Phi) is 6.55. The van der Waals surface area contributed by atoms with Gasteiger partial charge in [0, 0.05) is 33.0 Å². The molecule has 0 unspecified atom stereocenters. The molecule has 0 atom stereocenters. The highest BCUT2D eigenvalue weighted by Crippen LogP contribution is 2.20. The number of pyridine rings is 1. The summed E-state index contributed by atoms with van der Waals surface area (Å²) in [5.74, 6) is -0.949. The van der Waals surface area contributed by atoms with Gasteiger partial charge in [-0.15, -0.1) is 0 Å². The van der Waals surface area contributed by atoms with Gasteiger partial charge in [0.05, 0.1) is 5.56 Å². The molecule has 0 aromatic carbocycles. The molecule has 5 nitrogen and oxygen atoms in total. The van der Waals surface area contributed by atoms with Gasteiger partial charge in [0.15, 0.2) is 11.6 Å². The molecule has 1 amide bonds. The van der Waals surface area contributed by atoms with E-state index in [1.807, 2.05) is 20.8 Å². The Balaban J connectivity index is 2.70. The van der Waals surface area contributed by atoms with Gasteiger partial charge in [0.25, 0.3) is 5.91 Å². The van der Waals surface area contributed by atoms with Gasteiger partial charge in [-0.05, 0) is 24.8 Å². The Hall–Kier alpha value is -1.69. The monoisotopic (exact) mass is 297 g/mol. The predicted molar refractivity (Wildman–Crippen MR) is 81.0 cm³/mol. The summed E-state index contributed by atoms with van der Waals surface area (Å²) in [6.07, 6.45) is 2.23. The van der Waals surface area contributed by atoms with Crippen molar-refractivity contribution in [1.29, 1.82) is 0 Å². The van der Waals surface area contributed by atoms with Gasteiger partial charge >= 0.3 is 0 Å². The number of halogens is 1. The number of ether oxygens (including phenoxy) is 1. The highest BCUT2D eigenvalue weighted by molar-refractivity contribution is 5.95. The lowest BCUT2D eigenvalue weighted by atomic mass is 9.89. The van der Waals surface area contributed by atoms with E-state index in [2.05, 4.69) is 15.6 Å². The number of hydrogen-bond donors (Lipinski definition) is 2. The molecule has 0 aliphatic heterocycles. The van der Waals surface area contributed by atoms with Crippen LogP contribution in [0.25, 0.3) is 0 Å². The first-order chi connectivity index (χ1) is 9.91. The Morgan fingerprint density at radius 1 is 1.48 bits per heavy atom. The van der Waals surface area contributed by atoms with Crippen LogP contribution in [0.15, 0.2) is 12.3 Å². The lowest BCUT2D eigenvalue weighted by Gasteiger charge is -2.24. The van der Waals surface area contributed by atoms with Crippen molar-refractivity contribution >= 4 is 11.7 Å². The van der Waals surface area contributed by atoms with Crippen LogP contribution in [0.4, 0.5) is 10.2 Å². The molecule has 1 aromatic rings. The van der Waals surface area contributed by atoms with E-state index < -0.39 is 11.7 Å². The normalized spacial score (nSPS) is 11.3. The molecule has 0 aliphatic carbocycles. The van der Waals surface area contributed by atoms with Gasteiger partial charge in [-0.25, -0.2) is 9.37 Å². The molecule has 1 heterocycles. The summed E-state index contributed by atoms with van der Waals surface area (Å²) in [5, 5.41) is 5.56. The first-order valence-electron chi connectivity index (χ1n) is 7.07. The van der Waals surface area contributed by atoms with Crippen molar-refractivity contribution in [3.8, 4) is 0 Å². The third-order valence-corrected chi connectivity index (χ3v) is 3.19. The molecule has 0 spiro atoms. The quantitative estimate of drug-likeness (QED) is 0.773. The minimum absolute atomic E-state index is 0.00323. The Morgan fingerprint density at radius 3 is 2.81 bits per heavy atom.